The Bertz CT molecular complexity index is 481. The molecule has 1 rings (SSSR count). The van der Waals surface area contributed by atoms with Crippen LogP contribution in [0, 0.1) is 0 Å². The van der Waals surface area contributed by atoms with Gasteiger partial charge in [-0.15, -0.1) is 24.0 Å². The Morgan fingerprint density at radius 3 is 2.35 bits per heavy atom. The molecule has 132 valence electrons. The quantitative estimate of drug-likeness (QED) is 0.262. The lowest BCUT2D eigenvalue weighted by Gasteiger charge is -2.13. The molecule has 0 unspecified atom stereocenters. The first-order valence-corrected chi connectivity index (χ1v) is 8.31. The normalized spacial score (nSPS) is 11.3. The van der Waals surface area contributed by atoms with Crippen LogP contribution in [0.4, 0.5) is 0 Å². The van der Waals surface area contributed by atoms with Crippen LogP contribution in [-0.2, 0) is 6.42 Å². The molecule has 2 N–H and O–H groups in total. The van der Waals surface area contributed by atoms with Gasteiger partial charge in [-0.1, -0.05) is 29.3 Å². The SMILES string of the molecule is CN=C(NCCCc1ccc(Cl)cc1Cl)NCCCN(C)C.I. The molecular formula is C16H27Cl2IN4. The van der Waals surface area contributed by atoms with Crippen LogP contribution in [0.2, 0.25) is 10.0 Å². The van der Waals surface area contributed by atoms with E-state index in [-0.39, 0.29) is 24.0 Å². The zero-order chi connectivity index (χ0) is 16.4. The van der Waals surface area contributed by atoms with Crippen LogP contribution >= 0.6 is 47.2 Å². The number of rotatable bonds is 8. The molecule has 0 spiro atoms. The number of halogens is 3. The van der Waals surface area contributed by atoms with E-state index in [1.54, 1.807) is 13.1 Å². The molecule has 1 aromatic rings. The fourth-order valence-electron chi connectivity index (χ4n) is 2.03. The van der Waals surface area contributed by atoms with E-state index >= 15 is 0 Å². The number of hydrogen-bond acceptors (Lipinski definition) is 2. The van der Waals surface area contributed by atoms with E-state index in [0.29, 0.717) is 5.02 Å². The molecule has 7 heteroatoms. The van der Waals surface area contributed by atoms with E-state index < -0.39 is 0 Å². The van der Waals surface area contributed by atoms with Crippen molar-refractivity contribution in [1.82, 2.24) is 15.5 Å². The summed E-state index contributed by atoms with van der Waals surface area (Å²) < 4.78 is 0. The Morgan fingerprint density at radius 2 is 1.78 bits per heavy atom. The van der Waals surface area contributed by atoms with E-state index in [2.05, 4.69) is 34.6 Å². The Kier molecular flexibility index (Phi) is 13.0. The third-order valence-corrected chi connectivity index (χ3v) is 3.82. The largest absolute Gasteiger partial charge is 0.356 e. The molecule has 0 aliphatic heterocycles. The van der Waals surface area contributed by atoms with Crippen molar-refractivity contribution in [3.8, 4) is 0 Å². The second-order valence-electron chi connectivity index (χ2n) is 5.42. The summed E-state index contributed by atoms with van der Waals surface area (Å²) >= 11 is 12.1. The van der Waals surface area contributed by atoms with Crippen LogP contribution < -0.4 is 10.6 Å². The van der Waals surface area contributed by atoms with Crippen molar-refractivity contribution in [2.24, 2.45) is 4.99 Å². The molecule has 0 aliphatic carbocycles. The van der Waals surface area contributed by atoms with E-state index in [0.717, 1.165) is 55.4 Å². The summed E-state index contributed by atoms with van der Waals surface area (Å²) in [7, 11) is 5.95. The zero-order valence-corrected chi connectivity index (χ0v) is 17.9. The first kappa shape index (κ1) is 22.8. The standard InChI is InChI=1S/C16H26Cl2N4.HI/c1-19-16(21-10-5-11-22(2)3)20-9-4-6-13-7-8-14(17)12-15(13)18;/h7-8,12H,4-6,9-11H2,1-3H3,(H2,19,20,21);1H. The molecule has 0 amide bonds. The number of benzene rings is 1. The van der Waals surface area contributed by atoms with Crippen molar-refractivity contribution in [1.29, 1.82) is 0 Å². The fourth-order valence-corrected chi connectivity index (χ4v) is 2.54. The van der Waals surface area contributed by atoms with Crippen LogP contribution in [-0.4, -0.2) is 51.6 Å². The van der Waals surface area contributed by atoms with Gasteiger partial charge in [0, 0.05) is 30.2 Å². The van der Waals surface area contributed by atoms with Crippen molar-refractivity contribution < 1.29 is 0 Å². The van der Waals surface area contributed by atoms with Gasteiger partial charge in [-0.3, -0.25) is 4.99 Å². The molecule has 0 saturated heterocycles. The summed E-state index contributed by atoms with van der Waals surface area (Å²) in [6, 6.07) is 5.65. The van der Waals surface area contributed by atoms with Gasteiger partial charge >= 0.3 is 0 Å². The number of guanidine groups is 1. The summed E-state index contributed by atoms with van der Waals surface area (Å²) in [5.41, 5.74) is 1.13. The molecule has 0 bridgehead atoms. The maximum absolute atomic E-state index is 6.16. The number of aliphatic imine (C=N–C) groups is 1. The summed E-state index contributed by atoms with van der Waals surface area (Å²) in [4.78, 5) is 6.39. The molecule has 0 fully saturated rings. The summed E-state index contributed by atoms with van der Waals surface area (Å²) in [6.07, 6.45) is 2.99. The minimum Gasteiger partial charge on any atom is -0.356 e. The Morgan fingerprint density at radius 1 is 1.13 bits per heavy atom. The van der Waals surface area contributed by atoms with Gasteiger partial charge in [0.1, 0.15) is 0 Å². The van der Waals surface area contributed by atoms with Gasteiger partial charge in [-0.25, -0.2) is 0 Å². The van der Waals surface area contributed by atoms with Gasteiger partial charge in [0.15, 0.2) is 5.96 Å². The number of hydrogen-bond donors (Lipinski definition) is 2. The van der Waals surface area contributed by atoms with Crippen LogP contribution in [0.1, 0.15) is 18.4 Å². The van der Waals surface area contributed by atoms with Gasteiger partial charge in [0.2, 0.25) is 0 Å². The van der Waals surface area contributed by atoms with E-state index in [9.17, 15) is 0 Å². The van der Waals surface area contributed by atoms with Gasteiger partial charge in [-0.05, 0) is 57.6 Å². The third kappa shape index (κ3) is 10.3. The molecule has 1 aromatic carbocycles. The summed E-state index contributed by atoms with van der Waals surface area (Å²) in [6.45, 7) is 2.84. The number of nitrogens with one attached hydrogen (secondary N) is 2. The topological polar surface area (TPSA) is 39.7 Å². The molecule has 0 radical (unpaired) electrons. The Hall–Kier alpha value is -0.240. The van der Waals surface area contributed by atoms with Crippen molar-refractivity contribution in [2.45, 2.75) is 19.3 Å². The highest BCUT2D eigenvalue weighted by atomic mass is 127. The van der Waals surface area contributed by atoms with Gasteiger partial charge in [0.05, 0.1) is 0 Å². The number of aryl methyl sites for hydroxylation is 1. The minimum atomic E-state index is 0. The van der Waals surface area contributed by atoms with E-state index in [4.69, 9.17) is 23.2 Å². The van der Waals surface area contributed by atoms with E-state index in [1.165, 1.54) is 0 Å². The first-order chi connectivity index (χ1) is 10.5. The van der Waals surface area contributed by atoms with Crippen molar-refractivity contribution in [2.75, 3.05) is 40.8 Å². The highest BCUT2D eigenvalue weighted by Crippen LogP contribution is 2.21. The highest BCUT2D eigenvalue weighted by molar-refractivity contribution is 14.0. The van der Waals surface area contributed by atoms with Crippen LogP contribution in [0.5, 0.6) is 0 Å². The molecule has 23 heavy (non-hydrogen) atoms. The minimum absolute atomic E-state index is 0. The lowest BCUT2D eigenvalue weighted by atomic mass is 10.1. The van der Waals surface area contributed by atoms with Crippen molar-refractivity contribution in [3.63, 3.8) is 0 Å². The lowest BCUT2D eigenvalue weighted by molar-refractivity contribution is 0.399. The smallest absolute Gasteiger partial charge is 0.190 e. The average Bonchev–Trinajstić information content (AvgIpc) is 2.47. The highest BCUT2D eigenvalue weighted by Gasteiger charge is 2.02. The van der Waals surface area contributed by atoms with Crippen molar-refractivity contribution >= 4 is 53.1 Å². The third-order valence-electron chi connectivity index (χ3n) is 3.23. The lowest BCUT2D eigenvalue weighted by Crippen LogP contribution is -2.39. The zero-order valence-electron chi connectivity index (χ0n) is 14.0. The summed E-state index contributed by atoms with van der Waals surface area (Å²) in [5.74, 6) is 0.848. The van der Waals surface area contributed by atoms with Gasteiger partial charge in [-0.2, -0.15) is 0 Å². The molecular weight excluding hydrogens is 446 g/mol. The molecule has 0 aliphatic rings. The monoisotopic (exact) mass is 472 g/mol. The molecule has 0 aromatic heterocycles. The van der Waals surface area contributed by atoms with Crippen LogP contribution in [0.25, 0.3) is 0 Å². The Labute approximate surface area is 167 Å². The predicted octanol–water partition coefficient (Wildman–Crippen LogP) is 3.66. The second-order valence-corrected chi connectivity index (χ2v) is 6.27. The molecule has 0 heterocycles. The van der Waals surface area contributed by atoms with Crippen LogP contribution in [0.3, 0.4) is 0 Å². The molecule has 0 saturated carbocycles. The molecule has 4 nitrogen and oxygen atoms in total. The van der Waals surface area contributed by atoms with E-state index in [1.807, 2.05) is 12.1 Å². The second kappa shape index (κ2) is 13.1. The predicted molar refractivity (Wildman–Crippen MR) is 113 cm³/mol. The van der Waals surface area contributed by atoms with Crippen LogP contribution in [0.15, 0.2) is 23.2 Å². The van der Waals surface area contributed by atoms with Gasteiger partial charge < -0.3 is 15.5 Å². The average molecular weight is 473 g/mol. The van der Waals surface area contributed by atoms with Gasteiger partial charge in [0.25, 0.3) is 0 Å². The maximum atomic E-state index is 6.16. The number of nitrogens with zero attached hydrogens (tertiary/aromatic N) is 2. The van der Waals surface area contributed by atoms with Crippen molar-refractivity contribution in [3.05, 3.63) is 33.8 Å². The molecule has 0 atom stereocenters. The maximum Gasteiger partial charge on any atom is 0.190 e. The fraction of sp³-hybridized carbons (Fsp3) is 0.562. The summed E-state index contributed by atoms with van der Waals surface area (Å²) in [5, 5.41) is 8.04. The first-order valence-electron chi connectivity index (χ1n) is 7.56. The Balaban J connectivity index is 0.00000484.